The van der Waals surface area contributed by atoms with Crippen molar-refractivity contribution in [3.8, 4) is 0 Å². The van der Waals surface area contributed by atoms with E-state index in [2.05, 4.69) is 29.4 Å². The van der Waals surface area contributed by atoms with E-state index >= 15 is 0 Å². The Morgan fingerprint density at radius 3 is 2.48 bits per heavy atom. The van der Waals surface area contributed by atoms with E-state index in [0.717, 1.165) is 25.1 Å². The lowest BCUT2D eigenvalue weighted by molar-refractivity contribution is -0.121. The standard InChI is InChI=1S/C19H32N2OS/c1-2-3-4-5-8-11-19(22)21-14-9-6-7-10-17-23-18-12-15-20-16-13-18/h12-13,15-16H,2-11,14,17H2,1H3,(H,21,22). The molecule has 0 aliphatic heterocycles. The molecule has 0 aromatic carbocycles. The Hall–Kier alpha value is -1.03. The molecule has 0 aliphatic carbocycles. The number of unbranched alkanes of at least 4 members (excludes halogenated alkanes) is 7. The highest BCUT2D eigenvalue weighted by molar-refractivity contribution is 7.99. The Morgan fingerprint density at radius 2 is 1.70 bits per heavy atom. The predicted molar refractivity (Wildman–Crippen MR) is 99.8 cm³/mol. The summed E-state index contributed by atoms with van der Waals surface area (Å²) in [5.41, 5.74) is 0. The van der Waals surface area contributed by atoms with E-state index in [9.17, 15) is 4.79 Å². The molecule has 4 heteroatoms. The van der Waals surface area contributed by atoms with Crippen LogP contribution < -0.4 is 5.32 Å². The Kier molecular flexibility index (Phi) is 12.7. The third kappa shape index (κ3) is 12.1. The van der Waals surface area contributed by atoms with Crippen LogP contribution in [0.5, 0.6) is 0 Å². The molecule has 0 saturated carbocycles. The minimum absolute atomic E-state index is 0.231. The van der Waals surface area contributed by atoms with Gasteiger partial charge in [-0.3, -0.25) is 9.78 Å². The fourth-order valence-corrected chi connectivity index (χ4v) is 3.31. The Balaban J connectivity index is 1.83. The summed E-state index contributed by atoms with van der Waals surface area (Å²) in [5, 5.41) is 3.04. The molecule has 0 bridgehead atoms. The number of pyridine rings is 1. The van der Waals surface area contributed by atoms with Crippen LogP contribution in [0.4, 0.5) is 0 Å². The van der Waals surface area contributed by atoms with E-state index < -0.39 is 0 Å². The van der Waals surface area contributed by atoms with Gasteiger partial charge in [0.2, 0.25) is 5.91 Å². The van der Waals surface area contributed by atoms with E-state index in [-0.39, 0.29) is 5.91 Å². The molecule has 23 heavy (non-hydrogen) atoms. The van der Waals surface area contributed by atoms with Crippen LogP contribution in [0.2, 0.25) is 0 Å². The van der Waals surface area contributed by atoms with Crippen molar-refractivity contribution in [1.82, 2.24) is 10.3 Å². The van der Waals surface area contributed by atoms with Crippen molar-refractivity contribution in [2.75, 3.05) is 12.3 Å². The van der Waals surface area contributed by atoms with Crippen molar-refractivity contribution >= 4 is 17.7 Å². The minimum atomic E-state index is 0.231. The summed E-state index contributed by atoms with van der Waals surface area (Å²) in [7, 11) is 0. The van der Waals surface area contributed by atoms with Crippen molar-refractivity contribution in [3.05, 3.63) is 24.5 Å². The lowest BCUT2D eigenvalue weighted by Gasteiger charge is -2.05. The second kappa shape index (κ2) is 14.6. The zero-order chi connectivity index (χ0) is 16.6. The highest BCUT2D eigenvalue weighted by Crippen LogP contribution is 2.18. The van der Waals surface area contributed by atoms with E-state index in [1.165, 1.54) is 49.8 Å². The zero-order valence-electron chi connectivity index (χ0n) is 14.6. The van der Waals surface area contributed by atoms with Crippen molar-refractivity contribution < 1.29 is 4.79 Å². The molecule has 1 amide bonds. The van der Waals surface area contributed by atoms with Crippen molar-refractivity contribution in [2.24, 2.45) is 0 Å². The fourth-order valence-electron chi connectivity index (χ4n) is 2.41. The quantitative estimate of drug-likeness (QED) is 0.374. The van der Waals surface area contributed by atoms with Gasteiger partial charge in [-0.05, 0) is 37.1 Å². The molecular formula is C19H32N2OS. The van der Waals surface area contributed by atoms with Crippen LogP contribution in [0.3, 0.4) is 0 Å². The number of carbonyl (C=O) groups excluding carboxylic acids is 1. The molecule has 0 unspecified atom stereocenters. The van der Waals surface area contributed by atoms with Gasteiger partial charge in [-0.1, -0.05) is 45.4 Å². The van der Waals surface area contributed by atoms with Crippen LogP contribution in [0.25, 0.3) is 0 Å². The first-order valence-corrected chi connectivity index (χ1v) is 10.1. The number of hydrogen-bond acceptors (Lipinski definition) is 3. The van der Waals surface area contributed by atoms with Gasteiger partial charge in [0.1, 0.15) is 0 Å². The van der Waals surface area contributed by atoms with Crippen LogP contribution >= 0.6 is 11.8 Å². The number of aromatic nitrogens is 1. The van der Waals surface area contributed by atoms with Gasteiger partial charge in [0.15, 0.2) is 0 Å². The fraction of sp³-hybridized carbons (Fsp3) is 0.684. The van der Waals surface area contributed by atoms with Gasteiger partial charge in [0, 0.05) is 30.3 Å². The number of carbonyl (C=O) groups is 1. The molecule has 1 rings (SSSR count). The van der Waals surface area contributed by atoms with Gasteiger partial charge < -0.3 is 5.32 Å². The van der Waals surface area contributed by atoms with Crippen LogP contribution in [0.1, 0.15) is 71.1 Å². The highest BCUT2D eigenvalue weighted by atomic mass is 32.2. The second-order valence-electron chi connectivity index (χ2n) is 5.96. The predicted octanol–water partition coefficient (Wildman–Crippen LogP) is 5.21. The lowest BCUT2D eigenvalue weighted by atomic mass is 10.1. The number of nitrogens with zero attached hydrogens (tertiary/aromatic N) is 1. The summed E-state index contributed by atoms with van der Waals surface area (Å²) in [4.78, 5) is 17.0. The van der Waals surface area contributed by atoms with E-state index in [4.69, 9.17) is 0 Å². The van der Waals surface area contributed by atoms with Crippen molar-refractivity contribution in [1.29, 1.82) is 0 Å². The molecule has 1 aromatic heterocycles. The maximum atomic E-state index is 11.6. The number of nitrogens with one attached hydrogen (secondary N) is 1. The first-order valence-electron chi connectivity index (χ1n) is 9.12. The lowest BCUT2D eigenvalue weighted by Crippen LogP contribution is -2.23. The molecule has 3 nitrogen and oxygen atoms in total. The van der Waals surface area contributed by atoms with Crippen molar-refractivity contribution in [3.63, 3.8) is 0 Å². The topological polar surface area (TPSA) is 42.0 Å². The van der Waals surface area contributed by atoms with E-state index in [1.807, 2.05) is 24.2 Å². The number of hydrogen-bond donors (Lipinski definition) is 1. The van der Waals surface area contributed by atoms with Crippen molar-refractivity contribution in [2.45, 2.75) is 76.0 Å². The average molecular weight is 337 g/mol. The average Bonchev–Trinajstić information content (AvgIpc) is 2.58. The van der Waals surface area contributed by atoms with Crippen LogP contribution in [0, 0.1) is 0 Å². The number of rotatable bonds is 14. The molecule has 0 fully saturated rings. The SMILES string of the molecule is CCCCCCCC(=O)NCCCCCCSc1ccncc1. The Labute approximate surface area is 146 Å². The first-order chi connectivity index (χ1) is 11.3. The molecule has 1 heterocycles. The van der Waals surface area contributed by atoms with Crippen LogP contribution in [-0.4, -0.2) is 23.2 Å². The maximum absolute atomic E-state index is 11.6. The second-order valence-corrected chi connectivity index (χ2v) is 7.13. The summed E-state index contributed by atoms with van der Waals surface area (Å²) in [5.74, 6) is 1.39. The summed E-state index contributed by atoms with van der Waals surface area (Å²) < 4.78 is 0. The molecule has 130 valence electrons. The van der Waals surface area contributed by atoms with Gasteiger partial charge in [0.05, 0.1) is 0 Å². The smallest absolute Gasteiger partial charge is 0.219 e. The first kappa shape index (κ1) is 20.0. The number of thioether (sulfide) groups is 1. The van der Waals surface area contributed by atoms with E-state index in [0.29, 0.717) is 6.42 Å². The van der Waals surface area contributed by atoms with E-state index in [1.54, 1.807) is 0 Å². The zero-order valence-corrected chi connectivity index (χ0v) is 15.4. The molecular weight excluding hydrogens is 304 g/mol. The molecule has 1 aromatic rings. The van der Waals surface area contributed by atoms with Crippen LogP contribution in [-0.2, 0) is 4.79 Å². The monoisotopic (exact) mass is 336 g/mol. The van der Waals surface area contributed by atoms with Gasteiger partial charge in [0.25, 0.3) is 0 Å². The highest BCUT2D eigenvalue weighted by Gasteiger charge is 2.00. The Bertz CT molecular complexity index is 398. The van der Waals surface area contributed by atoms with Gasteiger partial charge in [-0.25, -0.2) is 0 Å². The molecule has 0 radical (unpaired) electrons. The summed E-state index contributed by atoms with van der Waals surface area (Å²) in [6, 6.07) is 4.12. The summed E-state index contributed by atoms with van der Waals surface area (Å²) in [6.07, 6.45) is 15.2. The maximum Gasteiger partial charge on any atom is 0.219 e. The minimum Gasteiger partial charge on any atom is -0.356 e. The summed E-state index contributed by atoms with van der Waals surface area (Å²) >= 11 is 1.89. The van der Waals surface area contributed by atoms with Crippen LogP contribution in [0.15, 0.2) is 29.4 Å². The van der Waals surface area contributed by atoms with Gasteiger partial charge >= 0.3 is 0 Å². The molecule has 0 saturated heterocycles. The summed E-state index contributed by atoms with van der Waals surface area (Å²) in [6.45, 7) is 3.05. The van der Waals surface area contributed by atoms with Gasteiger partial charge in [-0.15, -0.1) is 11.8 Å². The largest absolute Gasteiger partial charge is 0.356 e. The normalized spacial score (nSPS) is 10.7. The van der Waals surface area contributed by atoms with Gasteiger partial charge in [-0.2, -0.15) is 0 Å². The molecule has 0 aliphatic rings. The molecule has 0 spiro atoms. The third-order valence-corrected chi connectivity index (χ3v) is 4.92. The Morgan fingerprint density at radius 1 is 1.00 bits per heavy atom. The molecule has 1 N–H and O–H groups in total. The third-order valence-electron chi connectivity index (χ3n) is 3.82. The number of amides is 1. The molecule has 0 atom stereocenters.